The first kappa shape index (κ1) is 16.5. The molecule has 0 spiro atoms. The fourth-order valence-corrected chi connectivity index (χ4v) is 3.38. The van der Waals surface area contributed by atoms with Crippen molar-refractivity contribution < 1.29 is 0 Å². The molecule has 0 saturated heterocycles. The van der Waals surface area contributed by atoms with Crippen LogP contribution in [0.3, 0.4) is 0 Å². The van der Waals surface area contributed by atoms with Gasteiger partial charge >= 0.3 is 0 Å². The molecule has 1 aromatic rings. The van der Waals surface area contributed by atoms with Gasteiger partial charge in [-0.3, -0.25) is 0 Å². The summed E-state index contributed by atoms with van der Waals surface area (Å²) in [6.45, 7) is 2.28. The molecule has 0 bridgehead atoms. The molecule has 1 aromatic carbocycles. The second kappa shape index (κ2) is 9.25. The van der Waals surface area contributed by atoms with E-state index in [1.807, 2.05) is 0 Å². The van der Waals surface area contributed by atoms with Crippen LogP contribution in [-0.4, -0.2) is 7.05 Å². The maximum atomic E-state index is 3.52. The van der Waals surface area contributed by atoms with Crippen molar-refractivity contribution in [2.75, 3.05) is 7.05 Å². The lowest BCUT2D eigenvalue weighted by molar-refractivity contribution is 0.418. The Labute approximate surface area is 131 Å². The summed E-state index contributed by atoms with van der Waals surface area (Å²) in [5.74, 6) is 0.844. The highest BCUT2D eigenvalue weighted by atomic mass is 14.9. The molecule has 118 valence electrons. The van der Waals surface area contributed by atoms with Crippen LogP contribution in [0.4, 0.5) is 0 Å². The van der Waals surface area contributed by atoms with E-state index in [4.69, 9.17) is 0 Å². The first-order valence-corrected chi connectivity index (χ1v) is 9.12. The van der Waals surface area contributed by atoms with Crippen LogP contribution in [0.2, 0.25) is 0 Å². The predicted molar refractivity (Wildman–Crippen MR) is 92.8 cm³/mol. The van der Waals surface area contributed by atoms with Crippen LogP contribution >= 0.6 is 0 Å². The summed E-state index contributed by atoms with van der Waals surface area (Å²) in [5.41, 5.74) is 3.07. The van der Waals surface area contributed by atoms with Gasteiger partial charge < -0.3 is 5.32 Å². The zero-order valence-electron chi connectivity index (χ0n) is 14.0. The third-order valence-corrected chi connectivity index (χ3v) is 5.08. The summed E-state index contributed by atoms with van der Waals surface area (Å²) in [5, 5.41) is 3.52. The Morgan fingerprint density at radius 2 is 1.86 bits per heavy atom. The molecule has 21 heavy (non-hydrogen) atoms. The van der Waals surface area contributed by atoms with Gasteiger partial charge in [0.05, 0.1) is 0 Å². The SMILES string of the molecule is CCCCCCCCC(NC)c1cccc(C2CCC2)c1. The van der Waals surface area contributed by atoms with Gasteiger partial charge in [-0.05, 0) is 43.4 Å². The van der Waals surface area contributed by atoms with Crippen LogP contribution in [0.15, 0.2) is 24.3 Å². The zero-order chi connectivity index (χ0) is 14.9. The van der Waals surface area contributed by atoms with Gasteiger partial charge in [-0.2, -0.15) is 0 Å². The molecule has 1 saturated carbocycles. The van der Waals surface area contributed by atoms with E-state index in [0.717, 1.165) is 5.92 Å². The quantitative estimate of drug-likeness (QED) is 0.523. The highest BCUT2D eigenvalue weighted by Crippen LogP contribution is 2.37. The van der Waals surface area contributed by atoms with Crippen molar-refractivity contribution in [3.05, 3.63) is 35.4 Å². The minimum atomic E-state index is 0.538. The molecule has 1 aliphatic rings. The molecular weight excluding hydrogens is 254 g/mol. The molecular formula is C20H33N. The first-order chi connectivity index (χ1) is 10.3. The number of unbranched alkanes of at least 4 members (excludes halogenated alkanes) is 5. The third kappa shape index (κ3) is 5.14. The summed E-state index contributed by atoms with van der Waals surface area (Å²) < 4.78 is 0. The molecule has 1 aliphatic carbocycles. The van der Waals surface area contributed by atoms with Crippen LogP contribution < -0.4 is 5.32 Å². The standard InChI is InChI=1S/C20H33N/c1-3-4-5-6-7-8-15-20(21-2)19-14-10-13-18(16-19)17-11-9-12-17/h10,13-14,16-17,20-21H,3-9,11-12,15H2,1-2H3. The van der Waals surface area contributed by atoms with Crippen molar-refractivity contribution in [1.29, 1.82) is 0 Å². The highest BCUT2D eigenvalue weighted by molar-refractivity contribution is 5.29. The molecule has 1 nitrogen and oxygen atoms in total. The van der Waals surface area contributed by atoms with Gasteiger partial charge in [0.15, 0.2) is 0 Å². The van der Waals surface area contributed by atoms with Crippen LogP contribution in [0.5, 0.6) is 0 Å². The van der Waals surface area contributed by atoms with Gasteiger partial charge in [0.2, 0.25) is 0 Å². The summed E-state index contributed by atoms with van der Waals surface area (Å²) in [6, 6.07) is 9.89. The van der Waals surface area contributed by atoms with Gasteiger partial charge in [-0.15, -0.1) is 0 Å². The monoisotopic (exact) mass is 287 g/mol. The Kier molecular flexibility index (Phi) is 7.29. The minimum absolute atomic E-state index is 0.538. The van der Waals surface area contributed by atoms with Gasteiger partial charge in [-0.1, -0.05) is 76.1 Å². The molecule has 0 aliphatic heterocycles. The molecule has 0 heterocycles. The molecule has 0 radical (unpaired) electrons. The number of hydrogen-bond acceptors (Lipinski definition) is 1. The maximum Gasteiger partial charge on any atom is 0.0317 e. The van der Waals surface area contributed by atoms with E-state index in [2.05, 4.69) is 43.6 Å². The molecule has 1 unspecified atom stereocenters. The van der Waals surface area contributed by atoms with Crippen LogP contribution in [0, 0.1) is 0 Å². The Balaban J connectivity index is 1.79. The van der Waals surface area contributed by atoms with Gasteiger partial charge in [0.1, 0.15) is 0 Å². The van der Waals surface area contributed by atoms with Crippen molar-refractivity contribution in [3.8, 4) is 0 Å². The van der Waals surface area contributed by atoms with E-state index in [1.165, 1.54) is 69.8 Å². The fraction of sp³-hybridized carbons (Fsp3) is 0.700. The lowest BCUT2D eigenvalue weighted by atomic mass is 9.79. The zero-order valence-corrected chi connectivity index (χ0v) is 14.0. The van der Waals surface area contributed by atoms with E-state index >= 15 is 0 Å². The van der Waals surface area contributed by atoms with Crippen LogP contribution in [0.1, 0.15) is 94.2 Å². The normalized spacial score (nSPS) is 16.7. The Hall–Kier alpha value is -0.820. The average molecular weight is 287 g/mol. The Bertz CT molecular complexity index is 395. The van der Waals surface area contributed by atoms with Crippen molar-refractivity contribution in [2.24, 2.45) is 0 Å². The van der Waals surface area contributed by atoms with Crippen molar-refractivity contribution >= 4 is 0 Å². The third-order valence-electron chi connectivity index (χ3n) is 5.08. The average Bonchev–Trinajstić information content (AvgIpc) is 2.45. The Morgan fingerprint density at radius 1 is 1.10 bits per heavy atom. The molecule has 1 heteroatoms. The number of benzene rings is 1. The summed E-state index contributed by atoms with van der Waals surface area (Å²) >= 11 is 0. The van der Waals surface area contributed by atoms with Crippen molar-refractivity contribution in [3.63, 3.8) is 0 Å². The lowest BCUT2D eigenvalue weighted by Gasteiger charge is -2.27. The van der Waals surface area contributed by atoms with Crippen LogP contribution in [-0.2, 0) is 0 Å². The number of hydrogen-bond donors (Lipinski definition) is 1. The maximum absolute atomic E-state index is 3.52. The van der Waals surface area contributed by atoms with Crippen LogP contribution in [0.25, 0.3) is 0 Å². The summed E-state index contributed by atoms with van der Waals surface area (Å²) in [7, 11) is 2.11. The second-order valence-electron chi connectivity index (χ2n) is 6.70. The molecule has 0 amide bonds. The topological polar surface area (TPSA) is 12.0 Å². The fourth-order valence-electron chi connectivity index (χ4n) is 3.38. The number of rotatable bonds is 10. The van der Waals surface area contributed by atoms with Gasteiger partial charge in [-0.25, -0.2) is 0 Å². The lowest BCUT2D eigenvalue weighted by Crippen LogP contribution is -2.17. The second-order valence-corrected chi connectivity index (χ2v) is 6.70. The van der Waals surface area contributed by atoms with Gasteiger partial charge in [0.25, 0.3) is 0 Å². The van der Waals surface area contributed by atoms with E-state index in [-0.39, 0.29) is 0 Å². The molecule has 2 rings (SSSR count). The smallest absolute Gasteiger partial charge is 0.0317 e. The highest BCUT2D eigenvalue weighted by Gasteiger charge is 2.20. The number of nitrogens with one attached hydrogen (secondary N) is 1. The van der Waals surface area contributed by atoms with Crippen molar-refractivity contribution in [1.82, 2.24) is 5.32 Å². The van der Waals surface area contributed by atoms with E-state index in [0.29, 0.717) is 6.04 Å². The summed E-state index contributed by atoms with van der Waals surface area (Å²) in [4.78, 5) is 0. The van der Waals surface area contributed by atoms with Gasteiger partial charge in [0, 0.05) is 6.04 Å². The Morgan fingerprint density at radius 3 is 2.52 bits per heavy atom. The first-order valence-electron chi connectivity index (χ1n) is 9.12. The van der Waals surface area contributed by atoms with E-state index in [9.17, 15) is 0 Å². The van der Waals surface area contributed by atoms with Crippen molar-refractivity contribution in [2.45, 2.75) is 83.1 Å². The minimum Gasteiger partial charge on any atom is -0.313 e. The van der Waals surface area contributed by atoms with E-state index < -0.39 is 0 Å². The summed E-state index contributed by atoms with van der Waals surface area (Å²) in [6.07, 6.45) is 13.8. The molecule has 1 atom stereocenters. The predicted octanol–water partition coefficient (Wildman–Crippen LogP) is 5.97. The van der Waals surface area contributed by atoms with E-state index in [1.54, 1.807) is 5.56 Å². The molecule has 1 N–H and O–H groups in total. The largest absolute Gasteiger partial charge is 0.313 e. The molecule has 0 aromatic heterocycles. The molecule has 1 fully saturated rings.